The van der Waals surface area contributed by atoms with Crippen LogP contribution < -0.4 is 4.72 Å². The van der Waals surface area contributed by atoms with Crippen molar-refractivity contribution in [2.24, 2.45) is 11.3 Å². The average Bonchev–Trinajstić information content (AvgIpc) is 2.48. The summed E-state index contributed by atoms with van der Waals surface area (Å²) >= 11 is 0. The Morgan fingerprint density at radius 3 is 2.27 bits per heavy atom. The lowest BCUT2D eigenvalue weighted by Crippen LogP contribution is -2.34. The number of nitrogens with one attached hydrogen (secondary N) is 1. The molecule has 5 heteroatoms. The maximum Gasteiger partial charge on any atom is 0.297 e. The second-order valence-electron chi connectivity index (χ2n) is 5.06. The van der Waals surface area contributed by atoms with Gasteiger partial charge < -0.3 is 0 Å². The summed E-state index contributed by atoms with van der Waals surface area (Å²) < 4.78 is 24.2. The van der Waals surface area contributed by atoms with E-state index in [2.05, 4.69) is 18.6 Å². The van der Waals surface area contributed by atoms with Gasteiger partial charge in [-0.05, 0) is 30.6 Å². The molecule has 0 amide bonds. The standard InChI is InChI=1S/C10H20ClNO2S/c1-9(2)7-10(5-3-4-6-10)8-12-15(11,13)14/h9,12H,3-8H2,1-2H3. The maximum absolute atomic E-state index is 10.9. The summed E-state index contributed by atoms with van der Waals surface area (Å²) in [6.45, 7) is 4.85. The van der Waals surface area contributed by atoms with Gasteiger partial charge in [0.05, 0.1) is 0 Å². The van der Waals surface area contributed by atoms with E-state index in [1.54, 1.807) is 0 Å². The van der Waals surface area contributed by atoms with Crippen molar-refractivity contribution < 1.29 is 8.42 Å². The highest BCUT2D eigenvalue weighted by Gasteiger charge is 2.34. The number of rotatable bonds is 5. The van der Waals surface area contributed by atoms with Crippen LogP contribution in [0.2, 0.25) is 0 Å². The molecule has 0 bridgehead atoms. The zero-order valence-corrected chi connectivity index (χ0v) is 11.0. The smallest absolute Gasteiger partial charge is 0.201 e. The van der Waals surface area contributed by atoms with Crippen LogP contribution in [0, 0.1) is 11.3 Å². The molecule has 1 N–H and O–H groups in total. The van der Waals surface area contributed by atoms with Crippen molar-refractivity contribution >= 4 is 19.9 Å². The highest BCUT2D eigenvalue weighted by molar-refractivity contribution is 8.12. The largest absolute Gasteiger partial charge is 0.297 e. The SMILES string of the molecule is CC(C)CC1(CNS(=O)(=O)Cl)CCCC1. The van der Waals surface area contributed by atoms with Crippen molar-refractivity contribution in [2.45, 2.75) is 46.0 Å². The summed E-state index contributed by atoms with van der Waals surface area (Å²) in [5.41, 5.74) is 0.149. The first kappa shape index (κ1) is 13.3. The normalized spacial score (nSPS) is 21.1. The first-order valence-corrected chi connectivity index (χ1v) is 7.83. The van der Waals surface area contributed by atoms with Crippen LogP contribution in [0.15, 0.2) is 0 Å². The molecular weight excluding hydrogens is 234 g/mol. The molecule has 0 aliphatic heterocycles. The quantitative estimate of drug-likeness (QED) is 0.766. The van der Waals surface area contributed by atoms with Crippen LogP contribution in [0.5, 0.6) is 0 Å². The molecule has 1 aliphatic carbocycles. The van der Waals surface area contributed by atoms with Gasteiger partial charge in [-0.15, -0.1) is 0 Å². The van der Waals surface area contributed by atoms with E-state index in [1.165, 1.54) is 12.8 Å². The van der Waals surface area contributed by atoms with Crippen LogP contribution in [-0.4, -0.2) is 15.0 Å². The van der Waals surface area contributed by atoms with Gasteiger partial charge in [0, 0.05) is 17.2 Å². The Balaban J connectivity index is 2.58. The van der Waals surface area contributed by atoms with Gasteiger partial charge >= 0.3 is 0 Å². The molecule has 0 heterocycles. The molecule has 90 valence electrons. The molecule has 15 heavy (non-hydrogen) atoms. The van der Waals surface area contributed by atoms with Crippen molar-refractivity contribution in [1.29, 1.82) is 0 Å². The Labute approximate surface area is 97.1 Å². The predicted octanol–water partition coefficient (Wildman–Crippen LogP) is 2.67. The number of hydrogen-bond donors (Lipinski definition) is 1. The van der Waals surface area contributed by atoms with Gasteiger partial charge in [0.2, 0.25) is 0 Å². The van der Waals surface area contributed by atoms with Crippen LogP contribution >= 0.6 is 10.7 Å². The molecule has 1 aliphatic rings. The third-order valence-corrected chi connectivity index (χ3v) is 3.94. The minimum absolute atomic E-state index is 0.149. The highest BCUT2D eigenvalue weighted by atomic mass is 35.7. The zero-order chi connectivity index (χ0) is 11.5. The number of halogens is 1. The van der Waals surface area contributed by atoms with E-state index in [9.17, 15) is 8.42 Å². The fraction of sp³-hybridized carbons (Fsp3) is 1.00. The first-order valence-electron chi connectivity index (χ1n) is 5.52. The van der Waals surface area contributed by atoms with E-state index in [1.807, 2.05) is 0 Å². The molecular formula is C10H20ClNO2S. The Morgan fingerprint density at radius 2 is 1.87 bits per heavy atom. The van der Waals surface area contributed by atoms with E-state index >= 15 is 0 Å². The molecule has 0 aromatic carbocycles. The van der Waals surface area contributed by atoms with E-state index < -0.39 is 9.24 Å². The predicted molar refractivity (Wildman–Crippen MR) is 63.1 cm³/mol. The van der Waals surface area contributed by atoms with Gasteiger partial charge in [0.1, 0.15) is 0 Å². The molecule has 1 saturated carbocycles. The van der Waals surface area contributed by atoms with E-state index in [0.717, 1.165) is 19.3 Å². The van der Waals surface area contributed by atoms with Crippen LogP contribution in [0.1, 0.15) is 46.0 Å². The minimum Gasteiger partial charge on any atom is -0.201 e. The first-order chi connectivity index (χ1) is 6.83. The number of hydrogen-bond acceptors (Lipinski definition) is 2. The fourth-order valence-electron chi connectivity index (χ4n) is 2.68. The molecule has 1 fully saturated rings. The Bertz CT molecular complexity index is 295. The van der Waals surface area contributed by atoms with Crippen molar-refractivity contribution in [3.8, 4) is 0 Å². The van der Waals surface area contributed by atoms with Crippen molar-refractivity contribution in [3.63, 3.8) is 0 Å². The van der Waals surface area contributed by atoms with E-state index in [4.69, 9.17) is 10.7 Å². The summed E-state index contributed by atoms with van der Waals surface area (Å²) in [5.74, 6) is 0.600. The second kappa shape index (κ2) is 5.02. The summed E-state index contributed by atoms with van der Waals surface area (Å²) in [6.07, 6.45) is 5.72. The van der Waals surface area contributed by atoms with E-state index in [0.29, 0.717) is 12.5 Å². The average molecular weight is 254 g/mol. The second-order valence-corrected chi connectivity index (χ2v) is 7.45. The van der Waals surface area contributed by atoms with E-state index in [-0.39, 0.29) is 5.41 Å². The molecule has 0 atom stereocenters. The molecule has 0 aromatic heterocycles. The van der Waals surface area contributed by atoms with Gasteiger partial charge in [-0.1, -0.05) is 26.7 Å². The molecule has 0 spiro atoms. The Morgan fingerprint density at radius 1 is 1.33 bits per heavy atom. The van der Waals surface area contributed by atoms with Crippen LogP contribution in [0.4, 0.5) is 0 Å². The fourth-order valence-corrected chi connectivity index (χ4v) is 3.33. The maximum atomic E-state index is 10.9. The molecule has 0 unspecified atom stereocenters. The van der Waals surface area contributed by atoms with Crippen LogP contribution in [0.25, 0.3) is 0 Å². The van der Waals surface area contributed by atoms with Gasteiger partial charge in [-0.2, -0.15) is 8.42 Å². The molecule has 1 rings (SSSR count). The van der Waals surface area contributed by atoms with Crippen LogP contribution in [0.3, 0.4) is 0 Å². The van der Waals surface area contributed by atoms with Crippen LogP contribution in [-0.2, 0) is 9.24 Å². The Kier molecular flexibility index (Phi) is 4.44. The lowest BCUT2D eigenvalue weighted by Gasteiger charge is -2.30. The molecule has 3 nitrogen and oxygen atoms in total. The lowest BCUT2D eigenvalue weighted by molar-refractivity contribution is 0.237. The van der Waals surface area contributed by atoms with Crippen molar-refractivity contribution in [3.05, 3.63) is 0 Å². The third kappa shape index (κ3) is 4.70. The molecule has 0 saturated heterocycles. The summed E-state index contributed by atoms with van der Waals surface area (Å²) in [6, 6.07) is 0. The van der Waals surface area contributed by atoms with Gasteiger partial charge in [-0.25, -0.2) is 4.72 Å². The minimum atomic E-state index is -3.56. The summed E-state index contributed by atoms with van der Waals surface area (Å²) in [7, 11) is 1.61. The Hall–Kier alpha value is 0.200. The van der Waals surface area contributed by atoms with Gasteiger partial charge in [0.15, 0.2) is 0 Å². The topological polar surface area (TPSA) is 46.2 Å². The lowest BCUT2D eigenvalue weighted by atomic mass is 9.79. The molecule has 0 radical (unpaired) electrons. The van der Waals surface area contributed by atoms with Gasteiger partial charge in [-0.3, -0.25) is 0 Å². The summed E-state index contributed by atoms with van der Waals surface area (Å²) in [5, 5.41) is 0. The van der Waals surface area contributed by atoms with Crippen molar-refractivity contribution in [1.82, 2.24) is 4.72 Å². The molecule has 0 aromatic rings. The van der Waals surface area contributed by atoms with Crippen molar-refractivity contribution in [2.75, 3.05) is 6.54 Å². The monoisotopic (exact) mass is 253 g/mol. The zero-order valence-electron chi connectivity index (χ0n) is 9.42. The highest BCUT2D eigenvalue weighted by Crippen LogP contribution is 2.42. The third-order valence-electron chi connectivity index (χ3n) is 3.13. The van der Waals surface area contributed by atoms with Gasteiger partial charge in [0.25, 0.3) is 9.24 Å². The summed E-state index contributed by atoms with van der Waals surface area (Å²) in [4.78, 5) is 0.